The SMILES string of the molecule is CC(C)(C)OC(=O)c1scc(-c2ccccc2)c1N. The lowest BCUT2D eigenvalue weighted by atomic mass is 10.1. The first-order chi connectivity index (χ1) is 8.88. The molecular weight excluding hydrogens is 258 g/mol. The van der Waals surface area contributed by atoms with Gasteiger partial charge in [0.25, 0.3) is 0 Å². The van der Waals surface area contributed by atoms with Crippen LogP contribution in [0.4, 0.5) is 5.69 Å². The summed E-state index contributed by atoms with van der Waals surface area (Å²) in [5.74, 6) is -0.364. The summed E-state index contributed by atoms with van der Waals surface area (Å²) < 4.78 is 5.35. The summed E-state index contributed by atoms with van der Waals surface area (Å²) in [5, 5.41) is 1.89. The van der Waals surface area contributed by atoms with Gasteiger partial charge in [-0.15, -0.1) is 11.3 Å². The van der Waals surface area contributed by atoms with E-state index in [0.717, 1.165) is 11.1 Å². The Morgan fingerprint density at radius 2 is 1.84 bits per heavy atom. The number of carbonyl (C=O) groups is 1. The van der Waals surface area contributed by atoms with E-state index in [1.165, 1.54) is 11.3 Å². The lowest BCUT2D eigenvalue weighted by molar-refractivity contribution is 0.00764. The van der Waals surface area contributed by atoms with E-state index in [-0.39, 0.29) is 5.97 Å². The highest BCUT2D eigenvalue weighted by Gasteiger charge is 2.22. The number of carbonyl (C=O) groups excluding carboxylic acids is 1. The van der Waals surface area contributed by atoms with Gasteiger partial charge in [-0.25, -0.2) is 4.79 Å². The molecule has 0 spiro atoms. The van der Waals surface area contributed by atoms with Crippen LogP contribution in [0.3, 0.4) is 0 Å². The second kappa shape index (κ2) is 5.05. The van der Waals surface area contributed by atoms with Crippen molar-refractivity contribution in [2.24, 2.45) is 0 Å². The Hall–Kier alpha value is -1.81. The molecule has 3 nitrogen and oxygen atoms in total. The number of hydrogen-bond acceptors (Lipinski definition) is 4. The second-order valence-electron chi connectivity index (χ2n) is 5.26. The number of nitrogen functional groups attached to an aromatic ring is 1. The van der Waals surface area contributed by atoms with Crippen molar-refractivity contribution >= 4 is 23.0 Å². The zero-order valence-corrected chi connectivity index (χ0v) is 12.1. The summed E-state index contributed by atoms with van der Waals surface area (Å²) in [4.78, 5) is 12.5. The molecule has 0 saturated heterocycles. The van der Waals surface area contributed by atoms with Gasteiger partial charge >= 0.3 is 5.97 Å². The highest BCUT2D eigenvalue weighted by molar-refractivity contribution is 7.13. The average Bonchev–Trinajstić information content (AvgIpc) is 2.70. The molecule has 100 valence electrons. The van der Waals surface area contributed by atoms with Crippen LogP contribution in [0.15, 0.2) is 35.7 Å². The van der Waals surface area contributed by atoms with E-state index in [2.05, 4.69) is 0 Å². The number of esters is 1. The smallest absolute Gasteiger partial charge is 0.350 e. The van der Waals surface area contributed by atoms with E-state index >= 15 is 0 Å². The molecule has 0 atom stereocenters. The number of thiophene rings is 1. The van der Waals surface area contributed by atoms with Crippen molar-refractivity contribution in [3.8, 4) is 11.1 Å². The normalized spacial score (nSPS) is 11.3. The maximum Gasteiger partial charge on any atom is 0.350 e. The van der Waals surface area contributed by atoms with Crippen molar-refractivity contribution in [1.29, 1.82) is 0 Å². The summed E-state index contributed by atoms with van der Waals surface area (Å²) >= 11 is 1.32. The van der Waals surface area contributed by atoms with Gasteiger partial charge in [0, 0.05) is 10.9 Å². The maximum atomic E-state index is 12.0. The number of nitrogens with two attached hydrogens (primary N) is 1. The van der Waals surface area contributed by atoms with Gasteiger partial charge in [0.05, 0.1) is 5.69 Å². The molecule has 0 saturated carbocycles. The van der Waals surface area contributed by atoms with Gasteiger partial charge in [0.2, 0.25) is 0 Å². The van der Waals surface area contributed by atoms with E-state index < -0.39 is 5.60 Å². The van der Waals surface area contributed by atoms with Crippen LogP contribution in [0.5, 0.6) is 0 Å². The van der Waals surface area contributed by atoms with Crippen LogP contribution in [0, 0.1) is 0 Å². The number of ether oxygens (including phenoxy) is 1. The van der Waals surface area contributed by atoms with Gasteiger partial charge in [-0.05, 0) is 26.3 Å². The molecule has 19 heavy (non-hydrogen) atoms. The first-order valence-corrected chi connectivity index (χ1v) is 6.92. The molecule has 2 rings (SSSR count). The van der Waals surface area contributed by atoms with E-state index in [1.807, 2.05) is 56.5 Å². The molecule has 2 aromatic rings. The van der Waals surface area contributed by atoms with E-state index in [1.54, 1.807) is 0 Å². The first kappa shape index (κ1) is 13.6. The monoisotopic (exact) mass is 275 g/mol. The Morgan fingerprint density at radius 3 is 2.42 bits per heavy atom. The Labute approximate surface area is 117 Å². The molecule has 2 N–H and O–H groups in total. The van der Waals surface area contributed by atoms with Crippen molar-refractivity contribution in [2.75, 3.05) is 5.73 Å². The summed E-state index contributed by atoms with van der Waals surface area (Å²) in [6.07, 6.45) is 0. The van der Waals surface area contributed by atoms with Crippen molar-refractivity contribution in [2.45, 2.75) is 26.4 Å². The van der Waals surface area contributed by atoms with Gasteiger partial charge in [0.15, 0.2) is 0 Å². The van der Waals surface area contributed by atoms with E-state index in [0.29, 0.717) is 10.6 Å². The molecule has 0 aliphatic heterocycles. The minimum atomic E-state index is -0.513. The molecule has 4 heteroatoms. The van der Waals surface area contributed by atoms with Crippen LogP contribution < -0.4 is 5.73 Å². The van der Waals surface area contributed by atoms with Crippen LogP contribution in [-0.2, 0) is 4.74 Å². The molecule has 0 bridgehead atoms. The van der Waals surface area contributed by atoms with Gasteiger partial charge in [0.1, 0.15) is 10.5 Å². The third-order valence-corrected chi connectivity index (χ3v) is 3.47. The highest BCUT2D eigenvalue weighted by Crippen LogP contribution is 2.34. The van der Waals surface area contributed by atoms with Crippen molar-refractivity contribution < 1.29 is 9.53 Å². The molecule has 0 aliphatic carbocycles. The van der Waals surface area contributed by atoms with Gasteiger partial charge in [-0.1, -0.05) is 30.3 Å². The Morgan fingerprint density at radius 1 is 1.21 bits per heavy atom. The largest absolute Gasteiger partial charge is 0.456 e. The molecule has 0 amide bonds. The topological polar surface area (TPSA) is 52.3 Å². The predicted octanol–water partition coefficient (Wildman–Crippen LogP) is 3.95. The maximum absolute atomic E-state index is 12.0. The number of anilines is 1. The zero-order valence-electron chi connectivity index (χ0n) is 11.3. The van der Waals surface area contributed by atoms with Crippen LogP contribution >= 0.6 is 11.3 Å². The number of hydrogen-bond donors (Lipinski definition) is 1. The molecule has 1 aromatic carbocycles. The summed E-state index contributed by atoms with van der Waals surface area (Å²) in [5.41, 5.74) is 7.93. The lowest BCUT2D eigenvalue weighted by Gasteiger charge is -2.19. The van der Waals surface area contributed by atoms with E-state index in [4.69, 9.17) is 10.5 Å². The summed E-state index contributed by atoms with van der Waals surface area (Å²) in [6, 6.07) is 9.77. The number of benzene rings is 1. The fourth-order valence-corrected chi connectivity index (χ4v) is 2.56. The van der Waals surface area contributed by atoms with Crippen molar-refractivity contribution in [1.82, 2.24) is 0 Å². The lowest BCUT2D eigenvalue weighted by Crippen LogP contribution is -2.23. The van der Waals surface area contributed by atoms with E-state index in [9.17, 15) is 4.79 Å². The minimum Gasteiger partial charge on any atom is -0.456 e. The molecule has 0 radical (unpaired) electrons. The van der Waals surface area contributed by atoms with Gasteiger partial charge in [-0.2, -0.15) is 0 Å². The predicted molar refractivity (Wildman–Crippen MR) is 79.3 cm³/mol. The molecule has 1 aromatic heterocycles. The molecule has 1 heterocycles. The average molecular weight is 275 g/mol. The van der Waals surface area contributed by atoms with Crippen molar-refractivity contribution in [3.63, 3.8) is 0 Å². The standard InChI is InChI=1S/C15H17NO2S/c1-15(2,3)18-14(17)13-12(16)11(9-19-13)10-7-5-4-6-8-10/h4-9H,16H2,1-3H3. The summed E-state index contributed by atoms with van der Waals surface area (Å²) in [6.45, 7) is 5.52. The fraction of sp³-hybridized carbons (Fsp3) is 0.267. The van der Waals surface area contributed by atoms with Crippen molar-refractivity contribution in [3.05, 3.63) is 40.6 Å². The minimum absolute atomic E-state index is 0.364. The highest BCUT2D eigenvalue weighted by atomic mass is 32.1. The fourth-order valence-electron chi connectivity index (χ4n) is 1.69. The van der Waals surface area contributed by atoms with Crippen LogP contribution in [0.25, 0.3) is 11.1 Å². The quantitative estimate of drug-likeness (QED) is 0.844. The van der Waals surface area contributed by atoms with Crippen LogP contribution in [-0.4, -0.2) is 11.6 Å². The Balaban J connectivity index is 2.31. The molecule has 0 aliphatic rings. The molecular formula is C15H17NO2S. The van der Waals surface area contributed by atoms with Crippen LogP contribution in [0.1, 0.15) is 30.4 Å². The molecule has 0 fully saturated rings. The van der Waals surface area contributed by atoms with Gasteiger partial charge in [-0.3, -0.25) is 0 Å². The Bertz CT molecular complexity index is 582. The first-order valence-electron chi connectivity index (χ1n) is 6.04. The van der Waals surface area contributed by atoms with Gasteiger partial charge < -0.3 is 10.5 Å². The second-order valence-corrected chi connectivity index (χ2v) is 6.14. The summed E-state index contributed by atoms with van der Waals surface area (Å²) in [7, 11) is 0. The third kappa shape index (κ3) is 3.15. The number of rotatable bonds is 2. The third-order valence-electron chi connectivity index (χ3n) is 2.50. The zero-order chi connectivity index (χ0) is 14.0. The Kier molecular flexibility index (Phi) is 3.62. The molecule has 0 unspecified atom stereocenters. The van der Waals surface area contributed by atoms with Crippen LogP contribution in [0.2, 0.25) is 0 Å².